The Balaban J connectivity index is -0.00000000970. The molecule has 14 heteroatoms. The quantitative estimate of drug-likeness (QED) is 0.319. The number of hydrogen-bond donors (Lipinski definition) is 6. The van der Waals surface area contributed by atoms with Crippen LogP contribution in [-0.2, 0) is 23.6 Å². The molecule has 0 aromatic heterocycles. The smallest absolute Gasteiger partial charge is 0.319 e. The highest BCUT2D eigenvalue weighted by atomic mass is 32.5. The van der Waals surface area contributed by atoms with E-state index >= 15 is 0 Å². The second kappa shape index (κ2) is 22.6. The Morgan fingerprint density at radius 3 is 0.500 bits per heavy atom. The first-order valence-corrected chi connectivity index (χ1v) is 6.89. The van der Waals surface area contributed by atoms with Crippen LogP contribution in [0.3, 0.4) is 0 Å². The Labute approximate surface area is 134 Å². The molecule has 16 heavy (non-hydrogen) atoms. The van der Waals surface area contributed by atoms with Gasteiger partial charge in [-0.25, -0.2) is 0 Å². The highest BCUT2D eigenvalue weighted by molar-refractivity contribution is 8.06. The summed E-state index contributed by atoms with van der Waals surface area (Å²) < 4.78 is 0. The van der Waals surface area contributed by atoms with E-state index in [1.165, 1.54) is 0 Å². The predicted octanol–water partition coefficient (Wildman–Crippen LogP) is 0.0990. The van der Waals surface area contributed by atoms with Crippen LogP contribution in [0.15, 0.2) is 0 Å². The molecule has 0 amide bonds. The minimum Gasteiger partial charge on any atom is -0.325 e. The third-order valence-electron chi connectivity index (χ3n) is 0. The summed E-state index contributed by atoms with van der Waals surface area (Å²) in [4.78, 5) is 45.3. The second-order valence-electron chi connectivity index (χ2n) is 1.03. The van der Waals surface area contributed by atoms with Gasteiger partial charge in [-0.3, -0.25) is 0 Å². The Morgan fingerprint density at radius 1 is 0.500 bits per heavy atom. The van der Waals surface area contributed by atoms with Crippen molar-refractivity contribution in [2.45, 2.75) is 14.9 Å². The van der Waals surface area contributed by atoms with E-state index in [-0.39, 0.29) is 68.8 Å². The van der Waals surface area contributed by atoms with Crippen LogP contribution in [0.25, 0.3) is 0 Å². The van der Waals surface area contributed by atoms with Gasteiger partial charge in [0.25, 0.3) is 0 Å². The molecule has 0 saturated carbocycles. The lowest BCUT2D eigenvalue weighted by Crippen LogP contribution is -1.65. The highest BCUT2D eigenvalue weighted by Gasteiger charge is 1.92. The largest absolute Gasteiger partial charge is 0.325 e. The minimum atomic E-state index is -3.81. The van der Waals surface area contributed by atoms with E-state index in [0.29, 0.717) is 0 Å². The van der Waals surface area contributed by atoms with Gasteiger partial charge in [0.2, 0.25) is 0 Å². The number of hydrogen-bond acceptors (Lipinski definition) is 2. The third kappa shape index (κ3) is 650. The summed E-state index contributed by atoms with van der Waals surface area (Å²) in [6.45, 7) is -7.61. The van der Waals surface area contributed by atoms with Crippen LogP contribution in [-0.4, -0.2) is 29.4 Å². The average molecular weight is 397 g/mol. The van der Waals surface area contributed by atoms with Gasteiger partial charge in [0.05, 0.1) is 0 Å². The molecule has 0 unspecified atom stereocenters. The zero-order chi connectivity index (χ0) is 9.00. The van der Waals surface area contributed by atoms with Gasteiger partial charge in [0.15, 0.2) is 0 Å². The zero-order valence-corrected chi connectivity index (χ0v) is 13.8. The topological polar surface area (TPSA) is 121 Å². The summed E-state index contributed by atoms with van der Waals surface area (Å²) in [5.41, 5.74) is 0. The normalized spacial score (nSPS) is 7.38. The third-order valence-corrected chi connectivity index (χ3v) is 0. The molecule has 0 saturated heterocycles. The van der Waals surface area contributed by atoms with Crippen LogP contribution in [0.1, 0.15) is 14.9 Å². The minimum absolute atomic E-state index is 0. The summed E-state index contributed by atoms with van der Waals surface area (Å²) in [7, 11) is 0. The van der Waals surface area contributed by atoms with Crippen molar-refractivity contribution in [3.05, 3.63) is 0 Å². The Kier molecular flexibility index (Phi) is 72.7. The molecular formula is C2H22O6P2S6. The first-order valence-electron chi connectivity index (χ1n) is 1.57. The molecule has 6 nitrogen and oxygen atoms in total. The lowest BCUT2D eigenvalue weighted by atomic mass is 12.0. The van der Waals surface area contributed by atoms with Gasteiger partial charge < -0.3 is 29.4 Å². The van der Waals surface area contributed by atoms with Crippen LogP contribution >= 0.6 is 67.4 Å². The van der Waals surface area contributed by atoms with E-state index in [9.17, 15) is 0 Å². The molecule has 0 aliphatic heterocycles. The molecule has 112 valence electrons. The molecule has 0 heterocycles. The molecule has 0 rings (SSSR count). The molecule has 0 radical (unpaired) electrons. The van der Waals surface area contributed by atoms with E-state index in [1.54, 1.807) is 0 Å². The Bertz CT molecular complexity index is 141. The molecule has 6 N–H and O–H groups in total. The van der Waals surface area contributed by atoms with Gasteiger partial charge in [0.1, 0.15) is 0 Å². The lowest BCUT2D eigenvalue weighted by Gasteiger charge is -1.88. The van der Waals surface area contributed by atoms with Gasteiger partial charge in [-0.2, -0.15) is 54.0 Å². The first kappa shape index (κ1) is 51.4. The molecule has 0 aliphatic carbocycles. The average Bonchev–Trinajstić information content (AvgIpc) is 1.12. The van der Waals surface area contributed by atoms with Gasteiger partial charge in [-0.1, -0.05) is 14.9 Å². The van der Waals surface area contributed by atoms with Crippen molar-refractivity contribution in [2.75, 3.05) is 0 Å². The number of rotatable bonds is 0. The van der Waals surface area contributed by atoms with Crippen molar-refractivity contribution < 1.29 is 29.4 Å². The fraction of sp³-hybridized carbons (Fsp3) is 1.00. The summed E-state index contributed by atoms with van der Waals surface area (Å²) in [6.07, 6.45) is 0. The molecule has 0 aliphatic rings. The van der Waals surface area contributed by atoms with Crippen molar-refractivity contribution in [3.8, 4) is 0 Å². The standard InChI is InChI=1S/2CH4.2H3O3PS.4H2S/c;;2*1-4(2,3)5;;;;/h2*1H4;2*(H3,1,2,3,5);4*1H2. The van der Waals surface area contributed by atoms with Crippen LogP contribution < -0.4 is 0 Å². The molecule has 0 aromatic carbocycles. The van der Waals surface area contributed by atoms with Gasteiger partial charge >= 0.3 is 13.4 Å². The van der Waals surface area contributed by atoms with E-state index in [2.05, 4.69) is 23.6 Å². The molecule has 0 spiro atoms. The van der Waals surface area contributed by atoms with Gasteiger partial charge in [-0.15, -0.1) is 0 Å². The lowest BCUT2D eigenvalue weighted by molar-refractivity contribution is 0.361. The highest BCUT2D eigenvalue weighted by Crippen LogP contribution is 2.26. The summed E-state index contributed by atoms with van der Waals surface area (Å²) in [5, 5.41) is 0. The summed E-state index contributed by atoms with van der Waals surface area (Å²) >= 11 is 7.21. The van der Waals surface area contributed by atoms with Crippen molar-refractivity contribution in [1.82, 2.24) is 0 Å². The van der Waals surface area contributed by atoms with Crippen molar-refractivity contribution in [1.29, 1.82) is 0 Å². The fourth-order valence-electron chi connectivity index (χ4n) is 0. The molecule has 0 atom stereocenters. The Morgan fingerprint density at radius 2 is 0.500 bits per heavy atom. The maximum Gasteiger partial charge on any atom is 0.319 e. The van der Waals surface area contributed by atoms with E-state index in [4.69, 9.17) is 29.4 Å². The molecule has 0 bridgehead atoms. The van der Waals surface area contributed by atoms with Gasteiger partial charge in [-0.05, 0) is 23.6 Å². The SMILES string of the molecule is C.C.OP(O)(O)=S.OP(O)(O)=S.S.S.S.S. The van der Waals surface area contributed by atoms with E-state index in [1.807, 2.05) is 0 Å². The zero-order valence-electron chi connectivity index (χ0n) is 6.39. The van der Waals surface area contributed by atoms with Crippen LogP contribution in [0.2, 0.25) is 0 Å². The van der Waals surface area contributed by atoms with Crippen molar-refractivity contribution >= 4 is 91.0 Å². The maximum absolute atomic E-state index is 7.56. The van der Waals surface area contributed by atoms with E-state index in [0.717, 1.165) is 0 Å². The molecular weight excluding hydrogens is 374 g/mol. The fourth-order valence-corrected chi connectivity index (χ4v) is 0. The Hall–Kier alpha value is 2.46. The first-order chi connectivity index (χ1) is 4.00. The monoisotopic (exact) mass is 396 g/mol. The van der Waals surface area contributed by atoms with Crippen LogP contribution in [0.5, 0.6) is 0 Å². The summed E-state index contributed by atoms with van der Waals surface area (Å²) in [6, 6.07) is 0. The molecule has 0 aromatic rings. The maximum atomic E-state index is 7.56. The van der Waals surface area contributed by atoms with Crippen molar-refractivity contribution in [2.24, 2.45) is 0 Å². The van der Waals surface area contributed by atoms with Crippen molar-refractivity contribution in [3.63, 3.8) is 0 Å². The molecule has 0 fully saturated rings. The predicted molar refractivity (Wildman–Crippen MR) is 96.9 cm³/mol. The van der Waals surface area contributed by atoms with Crippen LogP contribution in [0, 0.1) is 0 Å². The van der Waals surface area contributed by atoms with Gasteiger partial charge in [0, 0.05) is 0 Å². The van der Waals surface area contributed by atoms with Crippen LogP contribution in [0.4, 0.5) is 0 Å². The summed E-state index contributed by atoms with van der Waals surface area (Å²) in [5.74, 6) is 0. The second-order valence-corrected chi connectivity index (χ2v) is 6.02. The van der Waals surface area contributed by atoms with E-state index < -0.39 is 13.4 Å².